The average molecular weight is 486 g/mol. The first-order valence-electron chi connectivity index (χ1n) is 12.6. The van der Waals surface area contributed by atoms with Crippen molar-refractivity contribution in [3.05, 3.63) is 70.8 Å². The number of hydrogen-bond donors (Lipinski definition) is 4. The van der Waals surface area contributed by atoms with Gasteiger partial charge in [-0.25, -0.2) is 8.78 Å². The Morgan fingerprint density at radius 1 is 1.11 bits per heavy atom. The summed E-state index contributed by atoms with van der Waals surface area (Å²) in [7, 11) is 0. The Bertz CT molecular complexity index is 1010. The van der Waals surface area contributed by atoms with Crippen LogP contribution >= 0.6 is 0 Å². The highest BCUT2D eigenvalue weighted by Crippen LogP contribution is 2.48. The van der Waals surface area contributed by atoms with Gasteiger partial charge in [0, 0.05) is 31.1 Å². The van der Waals surface area contributed by atoms with Gasteiger partial charge in [0.15, 0.2) is 0 Å². The van der Waals surface area contributed by atoms with Gasteiger partial charge in [0.25, 0.3) is 0 Å². The predicted octanol–water partition coefficient (Wildman–Crippen LogP) is 3.61. The number of carbonyl (C=O) groups excluding carboxylic acids is 1. The van der Waals surface area contributed by atoms with Gasteiger partial charge in [0.05, 0.1) is 6.10 Å². The minimum absolute atomic E-state index is 0.0569. The lowest BCUT2D eigenvalue weighted by molar-refractivity contribution is -0.119. The van der Waals surface area contributed by atoms with Crippen molar-refractivity contribution in [2.45, 2.75) is 63.6 Å². The zero-order chi connectivity index (χ0) is 25.2. The van der Waals surface area contributed by atoms with Gasteiger partial charge in [-0.15, -0.1) is 0 Å². The van der Waals surface area contributed by atoms with E-state index in [0.29, 0.717) is 23.3 Å². The molecule has 1 amide bonds. The van der Waals surface area contributed by atoms with Crippen LogP contribution in [0.4, 0.5) is 8.78 Å². The second kappa shape index (κ2) is 10.7. The molecule has 4 atom stereocenters. The summed E-state index contributed by atoms with van der Waals surface area (Å²) in [5.41, 5.74) is 2.52. The molecule has 0 bridgehead atoms. The fourth-order valence-corrected chi connectivity index (χ4v) is 5.89. The van der Waals surface area contributed by atoms with Crippen molar-refractivity contribution in [1.82, 2.24) is 16.0 Å². The first-order valence-corrected chi connectivity index (χ1v) is 12.6. The molecule has 1 saturated carbocycles. The smallest absolute Gasteiger partial charge is 0.216 e. The van der Waals surface area contributed by atoms with Gasteiger partial charge < -0.3 is 21.1 Å². The maximum Gasteiger partial charge on any atom is 0.216 e. The second-order valence-corrected chi connectivity index (χ2v) is 10.7. The first kappa shape index (κ1) is 25.7. The zero-order valence-corrected chi connectivity index (χ0v) is 20.8. The van der Waals surface area contributed by atoms with E-state index in [1.165, 1.54) is 30.2 Å². The molecule has 190 valence electrons. The van der Waals surface area contributed by atoms with Crippen LogP contribution in [-0.2, 0) is 16.8 Å². The molecule has 7 heteroatoms. The van der Waals surface area contributed by atoms with Crippen LogP contribution in [0.2, 0.25) is 0 Å². The quantitative estimate of drug-likeness (QED) is 0.438. The number of aliphatic hydroxyl groups excluding tert-OH is 1. The molecule has 2 aliphatic rings. The standard InChI is InChI=1S/C28H37F2N3O2/c1-17(2)20-5-4-6-23(10-20)28(12-21-14-31-15-22(21)13-28)33-26(27(35)16-32-18(3)34)9-19-7-24(29)11-25(30)8-19/h4-8,10-11,17,21-22,26-27,31,33,35H,9,12-16H2,1-3H3,(H,32,34). The minimum Gasteiger partial charge on any atom is -0.390 e. The summed E-state index contributed by atoms with van der Waals surface area (Å²) in [6.45, 7) is 7.73. The highest BCUT2D eigenvalue weighted by molar-refractivity contribution is 5.72. The lowest BCUT2D eigenvalue weighted by atomic mass is 9.82. The summed E-state index contributed by atoms with van der Waals surface area (Å²) in [6.07, 6.45) is 1.11. The molecule has 2 aromatic carbocycles. The van der Waals surface area contributed by atoms with Crippen molar-refractivity contribution < 1.29 is 18.7 Å². The van der Waals surface area contributed by atoms with E-state index in [0.717, 1.165) is 32.0 Å². The number of hydrogen-bond acceptors (Lipinski definition) is 4. The Morgan fingerprint density at radius 3 is 2.37 bits per heavy atom. The summed E-state index contributed by atoms with van der Waals surface area (Å²) >= 11 is 0. The minimum atomic E-state index is -0.936. The first-order chi connectivity index (χ1) is 16.6. The lowest BCUT2D eigenvalue weighted by Gasteiger charge is -2.39. The van der Waals surface area contributed by atoms with Crippen LogP contribution in [0.15, 0.2) is 42.5 Å². The summed E-state index contributed by atoms with van der Waals surface area (Å²) in [4.78, 5) is 11.5. The number of fused-ring (bicyclic) bond motifs is 1. The van der Waals surface area contributed by atoms with E-state index in [9.17, 15) is 18.7 Å². The number of nitrogens with one attached hydrogen (secondary N) is 3. The van der Waals surface area contributed by atoms with Gasteiger partial charge in [-0.05, 0) is 78.9 Å². The molecule has 0 spiro atoms. The third kappa shape index (κ3) is 6.08. The Hall–Kier alpha value is -2.35. The number of amides is 1. The molecule has 2 aromatic rings. The molecule has 0 aromatic heterocycles. The largest absolute Gasteiger partial charge is 0.390 e. The third-order valence-electron chi connectivity index (χ3n) is 7.67. The molecule has 1 aliphatic heterocycles. The summed E-state index contributed by atoms with van der Waals surface area (Å²) in [6, 6.07) is 11.6. The number of aliphatic hydroxyl groups is 1. The molecule has 1 saturated heterocycles. The van der Waals surface area contributed by atoms with Crippen molar-refractivity contribution >= 4 is 5.91 Å². The lowest BCUT2D eigenvalue weighted by Crippen LogP contribution is -2.55. The zero-order valence-electron chi connectivity index (χ0n) is 20.8. The highest BCUT2D eigenvalue weighted by atomic mass is 19.1. The fraction of sp³-hybridized carbons (Fsp3) is 0.536. The van der Waals surface area contributed by atoms with Gasteiger partial charge in [-0.1, -0.05) is 38.1 Å². The highest BCUT2D eigenvalue weighted by Gasteiger charge is 2.49. The second-order valence-electron chi connectivity index (χ2n) is 10.7. The van der Waals surface area contributed by atoms with Crippen LogP contribution in [-0.4, -0.2) is 42.8 Å². The fourth-order valence-electron chi connectivity index (χ4n) is 5.89. The number of carbonyl (C=O) groups is 1. The average Bonchev–Trinajstić information content (AvgIpc) is 3.36. The van der Waals surface area contributed by atoms with Gasteiger partial charge in [0.1, 0.15) is 11.6 Å². The van der Waals surface area contributed by atoms with Gasteiger partial charge in [0.2, 0.25) is 5.91 Å². The number of halogens is 2. The molecule has 0 radical (unpaired) electrons. The monoisotopic (exact) mass is 485 g/mol. The van der Waals surface area contributed by atoms with E-state index >= 15 is 0 Å². The molecular formula is C28H37F2N3O2. The molecule has 4 rings (SSSR count). The molecular weight excluding hydrogens is 448 g/mol. The van der Waals surface area contributed by atoms with Gasteiger partial charge in [-0.2, -0.15) is 0 Å². The van der Waals surface area contributed by atoms with Crippen LogP contribution in [0.5, 0.6) is 0 Å². The molecule has 1 aliphatic carbocycles. The summed E-state index contributed by atoms with van der Waals surface area (Å²) < 4.78 is 27.9. The van der Waals surface area contributed by atoms with Crippen molar-refractivity contribution in [1.29, 1.82) is 0 Å². The van der Waals surface area contributed by atoms with Crippen LogP contribution < -0.4 is 16.0 Å². The van der Waals surface area contributed by atoms with Crippen molar-refractivity contribution in [3.63, 3.8) is 0 Å². The predicted molar refractivity (Wildman–Crippen MR) is 133 cm³/mol. The SMILES string of the molecule is CC(=O)NCC(O)C(Cc1cc(F)cc(F)c1)NC1(c2cccc(C(C)C)c2)CC2CNCC2C1. The maximum atomic E-state index is 14.0. The maximum absolute atomic E-state index is 14.0. The van der Waals surface area contributed by atoms with Crippen LogP contribution in [0.25, 0.3) is 0 Å². The number of benzene rings is 2. The molecule has 1 heterocycles. The third-order valence-corrected chi connectivity index (χ3v) is 7.67. The van der Waals surface area contributed by atoms with E-state index in [-0.39, 0.29) is 24.4 Å². The van der Waals surface area contributed by atoms with E-state index in [4.69, 9.17) is 0 Å². The Balaban J connectivity index is 1.69. The van der Waals surface area contributed by atoms with Crippen LogP contribution in [0.3, 0.4) is 0 Å². The van der Waals surface area contributed by atoms with E-state index in [2.05, 4.69) is 54.1 Å². The molecule has 4 unspecified atom stereocenters. The normalized spacial score (nSPS) is 25.5. The summed E-state index contributed by atoms with van der Waals surface area (Å²) in [5, 5.41) is 21.1. The van der Waals surface area contributed by atoms with Gasteiger partial charge >= 0.3 is 0 Å². The number of rotatable bonds is 9. The Morgan fingerprint density at radius 2 is 1.77 bits per heavy atom. The van der Waals surface area contributed by atoms with Crippen molar-refractivity contribution in [3.8, 4) is 0 Å². The van der Waals surface area contributed by atoms with Crippen molar-refractivity contribution in [2.75, 3.05) is 19.6 Å². The van der Waals surface area contributed by atoms with Crippen LogP contribution in [0, 0.1) is 23.5 Å². The molecule has 2 fully saturated rings. The summed E-state index contributed by atoms with van der Waals surface area (Å²) in [5.74, 6) is -0.104. The molecule has 5 nitrogen and oxygen atoms in total. The topological polar surface area (TPSA) is 73.4 Å². The van der Waals surface area contributed by atoms with Gasteiger partial charge in [-0.3, -0.25) is 4.79 Å². The van der Waals surface area contributed by atoms with Crippen molar-refractivity contribution in [2.24, 2.45) is 11.8 Å². The molecule has 35 heavy (non-hydrogen) atoms. The van der Waals surface area contributed by atoms with E-state index in [1.54, 1.807) is 0 Å². The molecule has 4 N–H and O–H groups in total. The Labute approximate surface area is 206 Å². The van der Waals surface area contributed by atoms with E-state index in [1.807, 2.05) is 0 Å². The van der Waals surface area contributed by atoms with Crippen LogP contribution in [0.1, 0.15) is 56.2 Å². The van der Waals surface area contributed by atoms with E-state index < -0.39 is 23.8 Å². The Kier molecular flexibility index (Phi) is 7.89.